The number of carbonyl (C=O) groups excluding carboxylic acids is 1. The Morgan fingerprint density at radius 2 is 1.80 bits per heavy atom. The maximum Gasteiger partial charge on any atom is 0.387 e. The topological polar surface area (TPSA) is 56.2 Å². The van der Waals surface area contributed by atoms with Gasteiger partial charge in [0.15, 0.2) is 0 Å². The van der Waals surface area contributed by atoms with Crippen LogP contribution in [0.15, 0.2) is 24.3 Å². The second kappa shape index (κ2) is 9.65. The molecule has 25 heavy (non-hydrogen) atoms. The van der Waals surface area contributed by atoms with Crippen LogP contribution in [-0.2, 0) is 11.3 Å². The summed E-state index contributed by atoms with van der Waals surface area (Å²) in [6.45, 7) is 2.07. The van der Waals surface area contributed by atoms with E-state index in [1.807, 2.05) is 0 Å². The summed E-state index contributed by atoms with van der Waals surface area (Å²) in [6.07, 6.45) is 0. The third-order valence-electron chi connectivity index (χ3n) is 4.23. The molecule has 0 bridgehead atoms. The standard InChI is InChI=1S/C17H25F2N3O3/c1-20(12-14-2-4-15(5-3-14)25-17(18)19)16(24)13-22-8-6-21(7-9-22)10-11-23/h2-5,17,23H,6-13H2,1H3. The first kappa shape index (κ1) is 19.6. The van der Waals surface area contributed by atoms with E-state index in [0.29, 0.717) is 19.6 Å². The highest BCUT2D eigenvalue weighted by atomic mass is 19.3. The van der Waals surface area contributed by atoms with Crippen LogP contribution in [0.1, 0.15) is 5.56 Å². The van der Waals surface area contributed by atoms with Crippen molar-refractivity contribution < 1.29 is 23.4 Å². The van der Waals surface area contributed by atoms with Crippen molar-refractivity contribution in [2.24, 2.45) is 0 Å². The Balaban J connectivity index is 1.76. The van der Waals surface area contributed by atoms with Crippen molar-refractivity contribution in [3.8, 4) is 5.75 Å². The van der Waals surface area contributed by atoms with E-state index in [2.05, 4.69) is 14.5 Å². The zero-order valence-corrected chi connectivity index (χ0v) is 14.4. The third kappa shape index (κ3) is 6.56. The Kier molecular flexibility index (Phi) is 7.54. The number of hydrogen-bond donors (Lipinski definition) is 1. The molecular weight excluding hydrogens is 332 g/mol. The lowest BCUT2D eigenvalue weighted by molar-refractivity contribution is -0.132. The molecule has 0 spiro atoms. The summed E-state index contributed by atoms with van der Waals surface area (Å²) in [6, 6.07) is 6.30. The largest absolute Gasteiger partial charge is 0.435 e. The summed E-state index contributed by atoms with van der Waals surface area (Å²) >= 11 is 0. The normalized spacial score (nSPS) is 16.2. The van der Waals surface area contributed by atoms with Crippen LogP contribution in [0.3, 0.4) is 0 Å². The van der Waals surface area contributed by atoms with Crippen molar-refractivity contribution in [1.82, 2.24) is 14.7 Å². The zero-order valence-electron chi connectivity index (χ0n) is 14.4. The molecule has 1 aliphatic heterocycles. The summed E-state index contributed by atoms with van der Waals surface area (Å²) in [7, 11) is 1.73. The Labute approximate surface area is 146 Å². The van der Waals surface area contributed by atoms with Gasteiger partial charge in [0.2, 0.25) is 5.91 Å². The van der Waals surface area contributed by atoms with Gasteiger partial charge < -0.3 is 14.7 Å². The molecular formula is C17H25F2N3O3. The molecule has 2 rings (SSSR count). The van der Waals surface area contributed by atoms with Gasteiger partial charge in [0.25, 0.3) is 0 Å². The number of nitrogens with zero attached hydrogens (tertiary/aromatic N) is 3. The summed E-state index contributed by atoms with van der Waals surface area (Å²) in [5.74, 6) is 0.122. The van der Waals surface area contributed by atoms with Gasteiger partial charge in [0, 0.05) is 46.3 Å². The highest BCUT2D eigenvalue weighted by Crippen LogP contribution is 2.16. The number of piperazine rings is 1. The number of aliphatic hydroxyl groups is 1. The summed E-state index contributed by atoms with van der Waals surface area (Å²) in [4.78, 5) is 18.2. The van der Waals surface area contributed by atoms with E-state index >= 15 is 0 Å². The summed E-state index contributed by atoms with van der Waals surface area (Å²) in [5.41, 5.74) is 0.852. The molecule has 0 unspecified atom stereocenters. The molecule has 1 aromatic carbocycles. The van der Waals surface area contributed by atoms with Crippen molar-refractivity contribution in [2.75, 3.05) is 52.9 Å². The zero-order chi connectivity index (χ0) is 18.2. The van der Waals surface area contributed by atoms with Gasteiger partial charge in [-0.05, 0) is 17.7 Å². The molecule has 1 heterocycles. The lowest BCUT2D eigenvalue weighted by Crippen LogP contribution is -2.50. The molecule has 6 nitrogen and oxygen atoms in total. The van der Waals surface area contributed by atoms with E-state index < -0.39 is 6.61 Å². The van der Waals surface area contributed by atoms with Gasteiger partial charge in [-0.2, -0.15) is 8.78 Å². The Morgan fingerprint density at radius 3 is 2.36 bits per heavy atom. The maximum absolute atomic E-state index is 12.3. The molecule has 140 valence electrons. The minimum atomic E-state index is -2.84. The number of benzene rings is 1. The van der Waals surface area contributed by atoms with Crippen LogP contribution < -0.4 is 4.74 Å². The molecule has 1 fully saturated rings. The minimum Gasteiger partial charge on any atom is -0.435 e. The molecule has 1 aliphatic rings. The Hall–Kier alpha value is -1.77. The van der Waals surface area contributed by atoms with Gasteiger partial charge in [0.1, 0.15) is 5.75 Å². The van der Waals surface area contributed by atoms with Crippen molar-refractivity contribution in [1.29, 1.82) is 0 Å². The first-order valence-electron chi connectivity index (χ1n) is 8.31. The van der Waals surface area contributed by atoms with Crippen molar-refractivity contribution in [3.05, 3.63) is 29.8 Å². The molecule has 8 heteroatoms. The van der Waals surface area contributed by atoms with Crippen LogP contribution >= 0.6 is 0 Å². The number of ether oxygens (including phenoxy) is 1. The maximum atomic E-state index is 12.3. The Morgan fingerprint density at radius 1 is 1.20 bits per heavy atom. The van der Waals surface area contributed by atoms with Gasteiger partial charge >= 0.3 is 6.61 Å². The molecule has 0 aromatic heterocycles. The smallest absolute Gasteiger partial charge is 0.387 e. The van der Waals surface area contributed by atoms with Gasteiger partial charge in [-0.15, -0.1) is 0 Å². The SMILES string of the molecule is CN(Cc1ccc(OC(F)F)cc1)C(=O)CN1CCN(CCO)CC1. The van der Waals surface area contributed by atoms with Crippen LogP contribution in [0.4, 0.5) is 8.78 Å². The van der Waals surface area contributed by atoms with E-state index in [0.717, 1.165) is 31.7 Å². The molecule has 1 N–H and O–H groups in total. The van der Waals surface area contributed by atoms with Gasteiger partial charge in [-0.3, -0.25) is 14.6 Å². The second-order valence-electron chi connectivity index (χ2n) is 6.11. The fourth-order valence-electron chi connectivity index (χ4n) is 2.76. The first-order chi connectivity index (χ1) is 12.0. The highest BCUT2D eigenvalue weighted by Gasteiger charge is 2.20. The van der Waals surface area contributed by atoms with E-state index in [1.165, 1.54) is 12.1 Å². The number of carbonyl (C=O) groups is 1. The van der Waals surface area contributed by atoms with E-state index in [-0.39, 0.29) is 18.3 Å². The Bertz CT molecular complexity index is 534. The average molecular weight is 357 g/mol. The molecule has 1 aromatic rings. The number of aliphatic hydroxyl groups excluding tert-OH is 1. The number of halogens is 2. The monoisotopic (exact) mass is 357 g/mol. The average Bonchev–Trinajstić information content (AvgIpc) is 2.58. The summed E-state index contributed by atoms with van der Waals surface area (Å²) in [5, 5.41) is 8.94. The molecule has 0 radical (unpaired) electrons. The van der Waals surface area contributed by atoms with E-state index in [4.69, 9.17) is 5.11 Å². The minimum absolute atomic E-state index is 0.0171. The number of hydrogen-bond acceptors (Lipinski definition) is 5. The quantitative estimate of drug-likeness (QED) is 0.748. The second-order valence-corrected chi connectivity index (χ2v) is 6.11. The molecule has 0 atom stereocenters. The van der Waals surface area contributed by atoms with Gasteiger partial charge in [0.05, 0.1) is 13.2 Å². The molecule has 1 saturated heterocycles. The number of β-amino-alcohol motifs (C(OH)–C–C–N with tert-alkyl or cyclic N) is 1. The lowest BCUT2D eigenvalue weighted by Gasteiger charge is -2.34. The van der Waals surface area contributed by atoms with Crippen molar-refractivity contribution >= 4 is 5.91 Å². The predicted molar refractivity (Wildman–Crippen MR) is 89.5 cm³/mol. The first-order valence-corrected chi connectivity index (χ1v) is 8.31. The number of alkyl halides is 2. The predicted octanol–water partition coefficient (Wildman–Crippen LogP) is 0.856. The van der Waals surface area contributed by atoms with Crippen LogP contribution in [0.25, 0.3) is 0 Å². The number of likely N-dealkylation sites (N-methyl/N-ethyl adjacent to an activating group) is 1. The number of amides is 1. The van der Waals surface area contributed by atoms with Gasteiger partial charge in [-0.1, -0.05) is 12.1 Å². The molecule has 0 saturated carbocycles. The fraction of sp³-hybridized carbons (Fsp3) is 0.588. The number of rotatable bonds is 8. The molecule has 1 amide bonds. The van der Waals surface area contributed by atoms with Crippen LogP contribution in [0.2, 0.25) is 0 Å². The van der Waals surface area contributed by atoms with E-state index in [9.17, 15) is 13.6 Å². The third-order valence-corrected chi connectivity index (χ3v) is 4.23. The van der Waals surface area contributed by atoms with Crippen molar-refractivity contribution in [3.63, 3.8) is 0 Å². The lowest BCUT2D eigenvalue weighted by atomic mass is 10.2. The van der Waals surface area contributed by atoms with Crippen LogP contribution in [0, 0.1) is 0 Å². The van der Waals surface area contributed by atoms with Gasteiger partial charge in [-0.25, -0.2) is 0 Å². The van der Waals surface area contributed by atoms with Crippen LogP contribution in [-0.4, -0.2) is 85.2 Å². The highest BCUT2D eigenvalue weighted by molar-refractivity contribution is 5.78. The summed E-state index contributed by atoms with van der Waals surface area (Å²) < 4.78 is 28.6. The molecule has 0 aliphatic carbocycles. The van der Waals surface area contributed by atoms with Crippen LogP contribution in [0.5, 0.6) is 5.75 Å². The van der Waals surface area contributed by atoms with E-state index in [1.54, 1.807) is 24.1 Å². The fourth-order valence-corrected chi connectivity index (χ4v) is 2.76. The van der Waals surface area contributed by atoms with Crippen molar-refractivity contribution in [2.45, 2.75) is 13.2 Å².